The molecule has 2 heterocycles. The molecule has 0 bridgehead atoms. The van der Waals surface area contributed by atoms with Crippen LogP contribution >= 0.6 is 0 Å². The molecule has 3 heteroatoms. The van der Waals surface area contributed by atoms with Crippen LogP contribution in [-0.2, 0) is 0 Å². The quantitative estimate of drug-likeness (QED) is 0.161. The molecule has 0 radical (unpaired) electrons. The van der Waals surface area contributed by atoms with Crippen molar-refractivity contribution in [2.45, 2.75) is 0 Å². The number of benzene rings is 10. The fraction of sp³-hybridized carbons (Fsp3) is 0. The first-order valence-corrected chi connectivity index (χ1v) is 20.8. The summed E-state index contributed by atoms with van der Waals surface area (Å²) in [5.41, 5.74) is 15.6. The van der Waals surface area contributed by atoms with E-state index in [1.807, 2.05) is 12.1 Å². The molecule has 0 saturated carbocycles. The topological polar surface area (TPSA) is 21.3 Å². The SMILES string of the molecule is c1ccc(-c2cccc3cccc(-c4ccc(N(c5ccc(-c6cccc7oc8ccccc8c67)cc5)c5cccc(-n6c7ccccc7c7ccccc76)c5)cc4)c23)cc1. The lowest BCUT2D eigenvalue weighted by Crippen LogP contribution is -2.10. The summed E-state index contributed by atoms with van der Waals surface area (Å²) in [4.78, 5) is 2.37. The highest BCUT2D eigenvalue weighted by Gasteiger charge is 2.19. The van der Waals surface area contributed by atoms with E-state index < -0.39 is 0 Å². The minimum absolute atomic E-state index is 0.897. The van der Waals surface area contributed by atoms with Crippen molar-refractivity contribution in [1.82, 2.24) is 4.57 Å². The van der Waals surface area contributed by atoms with Crippen LogP contribution in [0.1, 0.15) is 0 Å². The van der Waals surface area contributed by atoms with Crippen LogP contribution in [0.25, 0.3) is 93.6 Å². The van der Waals surface area contributed by atoms with E-state index in [1.54, 1.807) is 0 Å². The van der Waals surface area contributed by atoms with Crippen molar-refractivity contribution in [1.29, 1.82) is 0 Å². The van der Waals surface area contributed by atoms with Gasteiger partial charge in [0.25, 0.3) is 0 Å². The summed E-state index contributed by atoms with van der Waals surface area (Å²) < 4.78 is 8.66. The van der Waals surface area contributed by atoms with Crippen molar-refractivity contribution in [3.63, 3.8) is 0 Å². The highest BCUT2D eigenvalue weighted by atomic mass is 16.3. The van der Waals surface area contributed by atoms with Gasteiger partial charge in [-0.15, -0.1) is 0 Å². The minimum Gasteiger partial charge on any atom is -0.456 e. The van der Waals surface area contributed by atoms with Gasteiger partial charge in [-0.25, -0.2) is 0 Å². The van der Waals surface area contributed by atoms with Gasteiger partial charge in [-0.2, -0.15) is 0 Å². The third-order valence-corrected chi connectivity index (χ3v) is 12.2. The summed E-state index contributed by atoms with van der Waals surface area (Å²) in [6, 6.07) is 82.9. The van der Waals surface area contributed by atoms with E-state index in [1.165, 1.54) is 54.8 Å². The molecule has 12 aromatic rings. The highest BCUT2D eigenvalue weighted by Crippen LogP contribution is 2.42. The van der Waals surface area contributed by atoms with Gasteiger partial charge in [-0.05, 0) is 111 Å². The van der Waals surface area contributed by atoms with Crippen molar-refractivity contribution in [3.8, 4) is 39.1 Å². The number of rotatable bonds is 7. The Balaban J connectivity index is 1.01. The van der Waals surface area contributed by atoms with Crippen molar-refractivity contribution in [2.75, 3.05) is 4.90 Å². The summed E-state index contributed by atoms with van der Waals surface area (Å²) in [7, 11) is 0. The zero-order valence-corrected chi connectivity index (χ0v) is 33.2. The van der Waals surface area contributed by atoms with Gasteiger partial charge in [0, 0.05) is 44.3 Å². The van der Waals surface area contributed by atoms with E-state index in [9.17, 15) is 0 Å². The molecule has 0 fully saturated rings. The molecule has 3 nitrogen and oxygen atoms in total. The van der Waals surface area contributed by atoms with Crippen LogP contribution < -0.4 is 4.90 Å². The Hall–Kier alpha value is -8.14. The molecular formula is C58H38N2O. The molecule has 0 N–H and O–H groups in total. The monoisotopic (exact) mass is 778 g/mol. The molecule has 0 amide bonds. The normalized spacial score (nSPS) is 11.6. The van der Waals surface area contributed by atoms with Crippen molar-refractivity contribution in [2.24, 2.45) is 0 Å². The summed E-state index contributed by atoms with van der Waals surface area (Å²) in [6.45, 7) is 0. The molecule has 0 aliphatic rings. The van der Waals surface area contributed by atoms with Crippen LogP contribution in [0.4, 0.5) is 17.1 Å². The molecule has 12 rings (SSSR count). The van der Waals surface area contributed by atoms with Gasteiger partial charge in [0.1, 0.15) is 11.2 Å². The number of hydrogen-bond donors (Lipinski definition) is 0. The van der Waals surface area contributed by atoms with E-state index in [4.69, 9.17) is 4.42 Å². The molecule has 0 aliphatic carbocycles. The zero-order valence-electron chi connectivity index (χ0n) is 33.2. The van der Waals surface area contributed by atoms with Gasteiger partial charge in [-0.1, -0.05) is 164 Å². The first-order valence-electron chi connectivity index (χ1n) is 20.8. The van der Waals surface area contributed by atoms with Crippen LogP contribution in [0.5, 0.6) is 0 Å². The Morgan fingerprint density at radius 1 is 0.328 bits per heavy atom. The van der Waals surface area contributed by atoms with E-state index in [0.717, 1.165) is 55.8 Å². The lowest BCUT2D eigenvalue weighted by atomic mass is 9.91. The van der Waals surface area contributed by atoms with Gasteiger partial charge in [-0.3, -0.25) is 0 Å². The molecule has 0 unspecified atom stereocenters. The maximum absolute atomic E-state index is 6.27. The van der Waals surface area contributed by atoms with Crippen LogP contribution in [-0.4, -0.2) is 4.57 Å². The first-order chi connectivity index (χ1) is 30.3. The second-order valence-electron chi connectivity index (χ2n) is 15.7. The molecule has 10 aromatic carbocycles. The number of aromatic nitrogens is 1. The summed E-state index contributed by atoms with van der Waals surface area (Å²) in [6.07, 6.45) is 0. The van der Waals surface area contributed by atoms with E-state index >= 15 is 0 Å². The molecule has 286 valence electrons. The first kappa shape index (κ1) is 34.9. The number of nitrogens with zero attached hydrogens (tertiary/aromatic N) is 2. The number of furan rings is 1. The Morgan fingerprint density at radius 3 is 1.46 bits per heavy atom. The lowest BCUT2D eigenvalue weighted by Gasteiger charge is -2.27. The second-order valence-corrected chi connectivity index (χ2v) is 15.7. The summed E-state index contributed by atoms with van der Waals surface area (Å²) in [5, 5.41) is 7.25. The fourth-order valence-corrected chi connectivity index (χ4v) is 9.45. The molecular weight excluding hydrogens is 741 g/mol. The predicted octanol–water partition coefficient (Wildman–Crippen LogP) is 16.3. The van der Waals surface area contributed by atoms with E-state index in [-0.39, 0.29) is 0 Å². The number of para-hydroxylation sites is 3. The average molecular weight is 779 g/mol. The van der Waals surface area contributed by atoms with Gasteiger partial charge < -0.3 is 13.9 Å². The number of anilines is 3. The van der Waals surface area contributed by atoms with Crippen molar-refractivity contribution >= 4 is 71.6 Å². The highest BCUT2D eigenvalue weighted by molar-refractivity contribution is 6.13. The molecule has 0 saturated heterocycles. The smallest absolute Gasteiger partial charge is 0.136 e. The summed E-state index contributed by atoms with van der Waals surface area (Å²) in [5.74, 6) is 0. The second kappa shape index (κ2) is 14.3. The third-order valence-electron chi connectivity index (χ3n) is 12.2. The van der Waals surface area contributed by atoms with Gasteiger partial charge >= 0.3 is 0 Å². The Bertz CT molecular complexity index is 3520. The Kier molecular flexibility index (Phi) is 8.17. The van der Waals surface area contributed by atoms with Crippen LogP contribution in [0.2, 0.25) is 0 Å². The molecule has 0 aliphatic heterocycles. The Labute approximate surface area is 353 Å². The van der Waals surface area contributed by atoms with Crippen LogP contribution in [0, 0.1) is 0 Å². The molecule has 61 heavy (non-hydrogen) atoms. The largest absolute Gasteiger partial charge is 0.456 e. The lowest BCUT2D eigenvalue weighted by molar-refractivity contribution is 0.669. The van der Waals surface area contributed by atoms with Gasteiger partial charge in [0.15, 0.2) is 0 Å². The van der Waals surface area contributed by atoms with Crippen LogP contribution in [0.15, 0.2) is 235 Å². The maximum Gasteiger partial charge on any atom is 0.136 e. The van der Waals surface area contributed by atoms with Crippen LogP contribution in [0.3, 0.4) is 0 Å². The van der Waals surface area contributed by atoms with E-state index in [0.29, 0.717) is 0 Å². The fourth-order valence-electron chi connectivity index (χ4n) is 9.45. The van der Waals surface area contributed by atoms with Crippen molar-refractivity contribution in [3.05, 3.63) is 231 Å². The van der Waals surface area contributed by atoms with Gasteiger partial charge in [0.05, 0.1) is 11.0 Å². The minimum atomic E-state index is 0.897. The molecule has 0 spiro atoms. The van der Waals surface area contributed by atoms with Crippen molar-refractivity contribution < 1.29 is 4.42 Å². The maximum atomic E-state index is 6.27. The average Bonchev–Trinajstić information content (AvgIpc) is 3.88. The Morgan fingerprint density at radius 2 is 0.820 bits per heavy atom. The standard InChI is InChI=1S/C58H38N2O/c1-2-14-39(15-3-1)47-23-10-16-42-17-11-24-48(57(42)47)40-30-34-43(35-31-40)59(44-36-32-41(33-37-44)49-25-13-29-56-58(49)52-22-6-9-28-55(52)61-56)45-18-12-19-46(38-45)60-53-26-7-4-20-50(53)51-21-5-8-27-54(51)60/h1-38H. The molecule has 2 aromatic heterocycles. The predicted molar refractivity (Wildman–Crippen MR) is 257 cm³/mol. The zero-order chi connectivity index (χ0) is 40.3. The van der Waals surface area contributed by atoms with E-state index in [2.05, 4.69) is 228 Å². The summed E-state index contributed by atoms with van der Waals surface area (Å²) >= 11 is 0. The van der Waals surface area contributed by atoms with Gasteiger partial charge in [0.2, 0.25) is 0 Å². The number of fused-ring (bicyclic) bond motifs is 7. The molecule has 0 atom stereocenters. The third kappa shape index (κ3) is 5.82. The number of hydrogen-bond acceptors (Lipinski definition) is 2.